The molecule has 124 valence electrons. The maximum Gasteiger partial charge on any atom is 0.389 e. The van der Waals surface area contributed by atoms with Gasteiger partial charge in [0.25, 0.3) is 0 Å². The Morgan fingerprint density at radius 3 is 2.27 bits per heavy atom. The zero-order valence-corrected chi connectivity index (χ0v) is 13.6. The van der Waals surface area contributed by atoms with E-state index in [-0.39, 0.29) is 13.0 Å². The summed E-state index contributed by atoms with van der Waals surface area (Å²) in [4.78, 5) is 0. The molecule has 7 heteroatoms. The number of benzene rings is 1. The van der Waals surface area contributed by atoms with Crippen LogP contribution in [0, 0.1) is 0 Å². The molecule has 1 aromatic carbocycles. The van der Waals surface area contributed by atoms with E-state index in [1.54, 1.807) is 24.3 Å². The zero-order chi connectivity index (χ0) is 16.8. The van der Waals surface area contributed by atoms with Crippen LogP contribution >= 0.6 is 0 Å². The molecule has 0 aromatic heterocycles. The molecule has 1 rings (SSSR count). The normalized spacial score (nSPS) is 14.3. The Morgan fingerprint density at radius 1 is 1.18 bits per heavy atom. The second kappa shape index (κ2) is 7.76. The second-order valence-electron chi connectivity index (χ2n) is 5.73. The molecule has 0 aliphatic carbocycles. The van der Waals surface area contributed by atoms with Crippen molar-refractivity contribution in [2.75, 3.05) is 6.61 Å². The SMILES string of the molecule is CC(C)(C)[S@@](=O)N=Cc1ccc(OCCCC(F)(F)F)cc1. The van der Waals surface area contributed by atoms with E-state index in [0.29, 0.717) is 5.75 Å². The number of alkyl halides is 3. The Bertz CT molecular complexity index is 519. The first-order chi connectivity index (χ1) is 10.1. The predicted molar refractivity (Wildman–Crippen MR) is 82.7 cm³/mol. The molecule has 0 radical (unpaired) electrons. The molecule has 0 spiro atoms. The summed E-state index contributed by atoms with van der Waals surface area (Å²) in [5.74, 6) is 0.497. The van der Waals surface area contributed by atoms with Gasteiger partial charge >= 0.3 is 6.18 Å². The average Bonchev–Trinajstić information content (AvgIpc) is 2.40. The summed E-state index contributed by atoms with van der Waals surface area (Å²) < 4.78 is 56.5. The lowest BCUT2D eigenvalue weighted by Crippen LogP contribution is -2.19. The van der Waals surface area contributed by atoms with Crippen LogP contribution in [0.2, 0.25) is 0 Å². The molecule has 1 aromatic rings. The number of halogens is 3. The van der Waals surface area contributed by atoms with Gasteiger partial charge in [0.2, 0.25) is 0 Å². The molecule has 1 atom stereocenters. The standard InChI is InChI=1S/C15H20F3NO2S/c1-14(2,3)22(20)19-11-12-5-7-13(8-6-12)21-10-4-9-15(16,17)18/h5-8,11H,4,9-10H2,1-3H3/t22-/m1/s1. The van der Waals surface area contributed by atoms with Crippen LogP contribution in [0.3, 0.4) is 0 Å². The minimum Gasteiger partial charge on any atom is -0.494 e. The highest BCUT2D eigenvalue weighted by Crippen LogP contribution is 2.21. The van der Waals surface area contributed by atoms with Gasteiger partial charge in [-0.25, -0.2) is 4.21 Å². The Hall–Kier alpha value is -1.37. The molecule has 0 fully saturated rings. The molecule has 0 amide bonds. The van der Waals surface area contributed by atoms with Gasteiger partial charge in [-0.05, 0) is 57.0 Å². The smallest absolute Gasteiger partial charge is 0.389 e. The van der Waals surface area contributed by atoms with Gasteiger partial charge < -0.3 is 4.74 Å². The van der Waals surface area contributed by atoms with Crippen LogP contribution < -0.4 is 4.74 Å². The van der Waals surface area contributed by atoms with Gasteiger partial charge in [-0.2, -0.15) is 17.6 Å². The number of hydrogen-bond acceptors (Lipinski definition) is 2. The highest BCUT2D eigenvalue weighted by Gasteiger charge is 2.26. The summed E-state index contributed by atoms with van der Waals surface area (Å²) in [7, 11) is -1.33. The number of rotatable bonds is 6. The van der Waals surface area contributed by atoms with Crippen LogP contribution in [0.4, 0.5) is 13.2 Å². The van der Waals surface area contributed by atoms with Gasteiger partial charge in [0, 0.05) is 12.6 Å². The van der Waals surface area contributed by atoms with E-state index in [9.17, 15) is 17.4 Å². The summed E-state index contributed by atoms with van der Waals surface area (Å²) in [6.07, 6.45) is -3.56. The summed E-state index contributed by atoms with van der Waals surface area (Å²) in [6, 6.07) is 6.72. The summed E-state index contributed by atoms with van der Waals surface area (Å²) in [6.45, 7) is 5.51. The third-order valence-corrected chi connectivity index (χ3v) is 3.92. The van der Waals surface area contributed by atoms with E-state index >= 15 is 0 Å². The van der Waals surface area contributed by atoms with Crippen LogP contribution in [0.25, 0.3) is 0 Å². The Morgan fingerprint density at radius 2 is 1.77 bits per heavy atom. The van der Waals surface area contributed by atoms with Crippen molar-refractivity contribution < 1.29 is 22.1 Å². The number of ether oxygens (including phenoxy) is 1. The molecular weight excluding hydrogens is 315 g/mol. The van der Waals surface area contributed by atoms with Crippen molar-refractivity contribution in [3.8, 4) is 5.75 Å². The molecule has 3 nitrogen and oxygen atoms in total. The second-order valence-corrected chi connectivity index (χ2v) is 7.67. The molecule has 0 aliphatic heterocycles. The fourth-order valence-corrected chi connectivity index (χ4v) is 1.91. The molecule has 0 aliphatic rings. The lowest BCUT2D eigenvalue weighted by Gasteiger charge is -2.12. The first-order valence-electron chi connectivity index (χ1n) is 6.83. The lowest BCUT2D eigenvalue weighted by molar-refractivity contribution is -0.136. The van der Waals surface area contributed by atoms with Crippen LogP contribution in [0.1, 0.15) is 39.2 Å². The molecular formula is C15H20F3NO2S. The van der Waals surface area contributed by atoms with Gasteiger partial charge in [-0.3, -0.25) is 0 Å². The Labute approximate surface area is 131 Å². The monoisotopic (exact) mass is 335 g/mol. The zero-order valence-electron chi connectivity index (χ0n) is 12.8. The Balaban J connectivity index is 2.47. The van der Waals surface area contributed by atoms with Gasteiger partial charge in [-0.1, -0.05) is 0 Å². The van der Waals surface area contributed by atoms with Gasteiger partial charge in [0.05, 0.1) is 11.4 Å². The van der Waals surface area contributed by atoms with Crippen molar-refractivity contribution in [1.29, 1.82) is 0 Å². The van der Waals surface area contributed by atoms with Crippen LogP contribution in [-0.2, 0) is 11.0 Å². The topological polar surface area (TPSA) is 38.7 Å². The maximum absolute atomic E-state index is 12.0. The molecule has 22 heavy (non-hydrogen) atoms. The third-order valence-electron chi connectivity index (χ3n) is 2.57. The minimum absolute atomic E-state index is 0.0149. The van der Waals surface area contributed by atoms with Crippen molar-refractivity contribution in [1.82, 2.24) is 0 Å². The number of hydrogen-bond donors (Lipinski definition) is 0. The van der Waals surface area contributed by atoms with Crippen LogP contribution in [0.5, 0.6) is 5.75 Å². The molecule has 0 N–H and O–H groups in total. The quantitative estimate of drug-likeness (QED) is 0.575. The van der Waals surface area contributed by atoms with E-state index in [1.807, 2.05) is 20.8 Å². The van der Waals surface area contributed by atoms with Crippen LogP contribution in [0.15, 0.2) is 28.7 Å². The maximum atomic E-state index is 12.0. The first kappa shape index (κ1) is 18.7. The third kappa shape index (κ3) is 7.59. The van der Waals surface area contributed by atoms with Crippen molar-refractivity contribution in [3.63, 3.8) is 0 Å². The largest absolute Gasteiger partial charge is 0.494 e. The summed E-state index contributed by atoms with van der Waals surface area (Å²) >= 11 is 0. The lowest BCUT2D eigenvalue weighted by atomic mass is 10.2. The van der Waals surface area contributed by atoms with E-state index in [4.69, 9.17) is 4.74 Å². The molecule has 0 unspecified atom stereocenters. The predicted octanol–water partition coefficient (Wildman–Crippen LogP) is 4.29. The number of nitrogens with zero attached hydrogens (tertiary/aromatic N) is 1. The molecule has 0 saturated carbocycles. The van der Waals surface area contributed by atoms with Crippen molar-refractivity contribution >= 4 is 17.2 Å². The van der Waals surface area contributed by atoms with Crippen molar-refractivity contribution in [3.05, 3.63) is 29.8 Å². The van der Waals surface area contributed by atoms with Crippen LogP contribution in [-0.4, -0.2) is 28.0 Å². The average molecular weight is 335 g/mol. The first-order valence-corrected chi connectivity index (χ1v) is 7.94. The molecule has 0 saturated heterocycles. The fourth-order valence-electron chi connectivity index (χ4n) is 1.38. The molecule has 0 heterocycles. The Kier molecular flexibility index (Phi) is 6.59. The van der Waals surface area contributed by atoms with E-state index in [0.717, 1.165) is 5.56 Å². The summed E-state index contributed by atoms with van der Waals surface area (Å²) in [5.41, 5.74) is 0.750. The van der Waals surface area contributed by atoms with Crippen molar-refractivity contribution in [2.45, 2.75) is 44.5 Å². The van der Waals surface area contributed by atoms with Gasteiger partial charge in [0.15, 0.2) is 0 Å². The van der Waals surface area contributed by atoms with Crippen molar-refractivity contribution in [2.24, 2.45) is 4.40 Å². The fraction of sp³-hybridized carbons (Fsp3) is 0.533. The van der Waals surface area contributed by atoms with E-state index in [1.165, 1.54) is 6.21 Å². The minimum atomic E-state index is -4.15. The van der Waals surface area contributed by atoms with E-state index in [2.05, 4.69) is 4.40 Å². The molecule has 0 bridgehead atoms. The highest BCUT2D eigenvalue weighted by atomic mass is 32.2. The highest BCUT2D eigenvalue weighted by molar-refractivity contribution is 7.85. The van der Waals surface area contributed by atoms with Gasteiger partial charge in [0.1, 0.15) is 16.7 Å². The van der Waals surface area contributed by atoms with E-state index < -0.39 is 28.3 Å². The summed E-state index contributed by atoms with van der Waals surface area (Å²) in [5, 5.41) is 0. The van der Waals surface area contributed by atoms with Gasteiger partial charge in [-0.15, -0.1) is 0 Å².